The average Bonchev–Trinajstić information content (AvgIpc) is 3.10. The molecule has 1 aromatic carbocycles. The monoisotopic (exact) mass is 245 g/mol. The van der Waals surface area contributed by atoms with Crippen molar-refractivity contribution in [2.75, 3.05) is 0 Å². The highest BCUT2D eigenvalue weighted by Gasteiger charge is 2.20. The minimum Gasteiger partial charge on any atom is -0.333 e. The van der Waals surface area contributed by atoms with Gasteiger partial charge in [-0.1, -0.05) is 12.1 Å². The number of aromatic nitrogens is 2. The van der Waals surface area contributed by atoms with Crippen LogP contribution in [0.5, 0.6) is 0 Å². The normalized spacial score (nSPS) is 14.9. The maximum atomic E-state index is 12.8. The van der Waals surface area contributed by atoms with Crippen LogP contribution in [0.15, 0.2) is 36.8 Å². The van der Waals surface area contributed by atoms with Crippen molar-refractivity contribution >= 4 is 0 Å². The van der Waals surface area contributed by atoms with Crippen LogP contribution in [0.4, 0.5) is 4.39 Å². The van der Waals surface area contributed by atoms with Gasteiger partial charge in [-0.15, -0.1) is 0 Å². The topological polar surface area (TPSA) is 29.9 Å². The van der Waals surface area contributed by atoms with Gasteiger partial charge in [0.05, 0.1) is 12.0 Å². The summed E-state index contributed by atoms with van der Waals surface area (Å²) >= 11 is 0. The van der Waals surface area contributed by atoms with Gasteiger partial charge in [-0.2, -0.15) is 0 Å². The van der Waals surface area contributed by atoms with Gasteiger partial charge in [-0.05, 0) is 30.5 Å². The van der Waals surface area contributed by atoms with E-state index >= 15 is 0 Å². The third-order valence-electron chi connectivity index (χ3n) is 3.11. The molecular weight excluding hydrogens is 229 g/mol. The number of nitrogens with one attached hydrogen (secondary N) is 1. The molecule has 18 heavy (non-hydrogen) atoms. The van der Waals surface area contributed by atoms with E-state index in [2.05, 4.69) is 10.3 Å². The van der Waals surface area contributed by atoms with Gasteiger partial charge in [-0.3, -0.25) is 0 Å². The standard InChI is InChI=1S/C14H16FN3/c15-12-3-1-11(2-4-12)8-18-9-14(17-10-18)7-16-13-5-6-13/h1-4,9-10,13,16H,5-8H2. The Morgan fingerprint density at radius 3 is 2.78 bits per heavy atom. The molecule has 0 spiro atoms. The first-order chi connectivity index (χ1) is 8.79. The van der Waals surface area contributed by atoms with Crippen molar-refractivity contribution in [1.82, 2.24) is 14.9 Å². The van der Waals surface area contributed by atoms with Gasteiger partial charge >= 0.3 is 0 Å². The molecule has 1 heterocycles. The van der Waals surface area contributed by atoms with Gasteiger partial charge in [0.25, 0.3) is 0 Å². The largest absolute Gasteiger partial charge is 0.333 e. The van der Waals surface area contributed by atoms with E-state index in [1.54, 1.807) is 12.1 Å². The fraction of sp³-hybridized carbons (Fsp3) is 0.357. The molecule has 0 amide bonds. The average molecular weight is 245 g/mol. The molecular formula is C14H16FN3. The first kappa shape index (κ1) is 11.4. The predicted molar refractivity (Wildman–Crippen MR) is 67.6 cm³/mol. The Kier molecular flexibility index (Phi) is 3.11. The molecule has 4 heteroatoms. The molecule has 1 aromatic heterocycles. The van der Waals surface area contributed by atoms with E-state index in [9.17, 15) is 4.39 Å². The summed E-state index contributed by atoms with van der Waals surface area (Å²) in [4.78, 5) is 4.36. The molecule has 3 rings (SSSR count). The highest BCUT2D eigenvalue weighted by Crippen LogP contribution is 2.19. The van der Waals surface area contributed by atoms with E-state index in [-0.39, 0.29) is 5.82 Å². The second kappa shape index (κ2) is 4.90. The Morgan fingerprint density at radius 2 is 2.06 bits per heavy atom. The maximum Gasteiger partial charge on any atom is 0.123 e. The number of hydrogen-bond acceptors (Lipinski definition) is 2. The van der Waals surface area contributed by atoms with Gasteiger partial charge in [-0.25, -0.2) is 9.37 Å². The molecule has 0 aliphatic heterocycles. The van der Waals surface area contributed by atoms with Crippen LogP contribution in [-0.2, 0) is 13.1 Å². The summed E-state index contributed by atoms with van der Waals surface area (Å²) in [6.07, 6.45) is 6.44. The minimum absolute atomic E-state index is 0.196. The van der Waals surface area contributed by atoms with Crippen LogP contribution in [-0.4, -0.2) is 15.6 Å². The Labute approximate surface area is 106 Å². The van der Waals surface area contributed by atoms with Crippen molar-refractivity contribution in [1.29, 1.82) is 0 Å². The summed E-state index contributed by atoms with van der Waals surface area (Å²) in [6, 6.07) is 7.28. The van der Waals surface area contributed by atoms with Gasteiger partial charge < -0.3 is 9.88 Å². The first-order valence-corrected chi connectivity index (χ1v) is 6.28. The highest BCUT2D eigenvalue weighted by molar-refractivity contribution is 5.16. The van der Waals surface area contributed by atoms with Crippen molar-refractivity contribution < 1.29 is 4.39 Å². The number of rotatable bonds is 5. The molecule has 0 unspecified atom stereocenters. The molecule has 1 N–H and O–H groups in total. The molecule has 1 fully saturated rings. The lowest BCUT2D eigenvalue weighted by Crippen LogP contribution is -2.15. The molecule has 2 aromatic rings. The summed E-state index contributed by atoms with van der Waals surface area (Å²) in [6.45, 7) is 1.57. The Bertz CT molecular complexity index is 514. The summed E-state index contributed by atoms with van der Waals surface area (Å²) < 4.78 is 14.8. The van der Waals surface area contributed by atoms with Crippen molar-refractivity contribution in [2.24, 2.45) is 0 Å². The van der Waals surface area contributed by atoms with E-state index in [0.717, 1.165) is 24.3 Å². The fourth-order valence-electron chi connectivity index (χ4n) is 1.92. The Morgan fingerprint density at radius 1 is 1.28 bits per heavy atom. The van der Waals surface area contributed by atoms with Crippen LogP contribution < -0.4 is 5.32 Å². The van der Waals surface area contributed by atoms with Gasteiger partial charge in [0.1, 0.15) is 5.82 Å². The number of nitrogens with zero attached hydrogens (tertiary/aromatic N) is 2. The van der Waals surface area contributed by atoms with Crippen molar-refractivity contribution in [3.05, 3.63) is 53.9 Å². The van der Waals surface area contributed by atoms with Gasteiger partial charge in [0.15, 0.2) is 0 Å². The van der Waals surface area contributed by atoms with Crippen LogP contribution in [0.2, 0.25) is 0 Å². The third kappa shape index (κ3) is 2.96. The summed E-state index contributed by atoms with van der Waals surface area (Å²) in [5.41, 5.74) is 2.14. The molecule has 3 nitrogen and oxygen atoms in total. The van der Waals surface area contributed by atoms with Crippen LogP contribution >= 0.6 is 0 Å². The van der Waals surface area contributed by atoms with Crippen molar-refractivity contribution in [3.63, 3.8) is 0 Å². The van der Waals surface area contributed by atoms with E-state index in [1.807, 2.05) is 17.1 Å². The fourth-order valence-corrected chi connectivity index (χ4v) is 1.92. The van der Waals surface area contributed by atoms with E-state index in [1.165, 1.54) is 25.0 Å². The van der Waals surface area contributed by atoms with E-state index in [4.69, 9.17) is 0 Å². The number of imidazole rings is 1. The first-order valence-electron chi connectivity index (χ1n) is 6.28. The molecule has 0 bridgehead atoms. The predicted octanol–water partition coefficient (Wildman–Crippen LogP) is 2.32. The SMILES string of the molecule is Fc1ccc(Cn2cnc(CNC3CC3)c2)cc1. The van der Waals surface area contributed by atoms with Crippen LogP contribution in [0.3, 0.4) is 0 Å². The van der Waals surface area contributed by atoms with Crippen LogP contribution in [0.25, 0.3) is 0 Å². The summed E-state index contributed by atoms with van der Waals surface area (Å²) in [5.74, 6) is -0.196. The zero-order valence-electron chi connectivity index (χ0n) is 10.1. The zero-order valence-corrected chi connectivity index (χ0v) is 10.1. The smallest absolute Gasteiger partial charge is 0.123 e. The second-order valence-corrected chi connectivity index (χ2v) is 4.82. The lowest BCUT2D eigenvalue weighted by molar-refractivity contribution is 0.626. The quantitative estimate of drug-likeness (QED) is 0.876. The molecule has 0 atom stereocenters. The molecule has 1 aliphatic carbocycles. The molecule has 1 aliphatic rings. The van der Waals surface area contributed by atoms with Crippen molar-refractivity contribution in [2.45, 2.75) is 32.0 Å². The maximum absolute atomic E-state index is 12.8. The van der Waals surface area contributed by atoms with Gasteiger partial charge in [0, 0.05) is 25.3 Å². The van der Waals surface area contributed by atoms with Crippen LogP contribution in [0, 0.1) is 5.82 Å². The highest BCUT2D eigenvalue weighted by atomic mass is 19.1. The molecule has 1 saturated carbocycles. The summed E-state index contributed by atoms with van der Waals surface area (Å²) in [7, 11) is 0. The third-order valence-corrected chi connectivity index (χ3v) is 3.11. The molecule has 94 valence electrons. The summed E-state index contributed by atoms with van der Waals surface area (Å²) in [5, 5.41) is 3.43. The number of benzene rings is 1. The van der Waals surface area contributed by atoms with Crippen molar-refractivity contribution in [3.8, 4) is 0 Å². The lowest BCUT2D eigenvalue weighted by atomic mass is 10.2. The Hall–Kier alpha value is -1.68. The zero-order chi connectivity index (χ0) is 12.4. The number of hydrogen-bond donors (Lipinski definition) is 1. The van der Waals surface area contributed by atoms with E-state index in [0.29, 0.717) is 6.04 Å². The number of halogens is 1. The van der Waals surface area contributed by atoms with E-state index < -0.39 is 0 Å². The lowest BCUT2D eigenvalue weighted by Gasteiger charge is -2.02. The van der Waals surface area contributed by atoms with Gasteiger partial charge in [0.2, 0.25) is 0 Å². The minimum atomic E-state index is -0.196. The Balaban J connectivity index is 1.60. The second-order valence-electron chi connectivity index (χ2n) is 4.82. The molecule has 0 radical (unpaired) electrons. The molecule has 0 saturated heterocycles. The van der Waals surface area contributed by atoms with Crippen LogP contribution in [0.1, 0.15) is 24.1 Å².